The molecular formula is C19H32N6O2. The molecule has 150 valence electrons. The third-order valence-corrected chi connectivity index (χ3v) is 5.42. The van der Waals surface area contributed by atoms with Crippen molar-refractivity contribution in [2.45, 2.75) is 83.3 Å². The summed E-state index contributed by atoms with van der Waals surface area (Å²) in [4.78, 5) is 22.2. The summed E-state index contributed by atoms with van der Waals surface area (Å²) in [5, 5.41) is 18.9. The lowest BCUT2D eigenvalue weighted by Gasteiger charge is -2.46. The van der Waals surface area contributed by atoms with Gasteiger partial charge in [-0.25, -0.2) is 9.97 Å². The molecule has 2 N–H and O–H groups in total. The van der Waals surface area contributed by atoms with Gasteiger partial charge in [-0.1, -0.05) is 12.8 Å². The van der Waals surface area contributed by atoms with Gasteiger partial charge in [-0.3, -0.25) is 10.1 Å². The summed E-state index contributed by atoms with van der Waals surface area (Å²) in [6, 6.07) is 0.113. The van der Waals surface area contributed by atoms with E-state index in [0.717, 1.165) is 38.8 Å². The van der Waals surface area contributed by atoms with E-state index >= 15 is 0 Å². The van der Waals surface area contributed by atoms with Gasteiger partial charge in [0.25, 0.3) is 0 Å². The normalized spacial score (nSPS) is 22.9. The summed E-state index contributed by atoms with van der Waals surface area (Å²) in [6.07, 6.45) is 7.61. The van der Waals surface area contributed by atoms with Crippen LogP contribution in [-0.4, -0.2) is 45.1 Å². The van der Waals surface area contributed by atoms with E-state index in [1.807, 2.05) is 4.90 Å². The standard InChI is InChI=1S/C19H32N6O2/c1-18(2)11-14(12-19(3,4)23-18)22-16-15(25(26)27)17(21-13-20-16)24-9-7-5-6-8-10-24/h13-14,23H,5-12H2,1-4H3,(H,20,21,22). The summed E-state index contributed by atoms with van der Waals surface area (Å²) in [5.41, 5.74) is -0.0857. The molecule has 27 heavy (non-hydrogen) atoms. The van der Waals surface area contributed by atoms with Crippen molar-refractivity contribution in [1.29, 1.82) is 0 Å². The number of rotatable bonds is 4. The molecule has 0 aromatic carbocycles. The second kappa shape index (κ2) is 7.58. The van der Waals surface area contributed by atoms with Crippen LogP contribution in [0.1, 0.15) is 66.2 Å². The van der Waals surface area contributed by atoms with E-state index in [-0.39, 0.29) is 27.7 Å². The molecular weight excluding hydrogens is 344 g/mol. The highest BCUT2D eigenvalue weighted by atomic mass is 16.6. The van der Waals surface area contributed by atoms with Gasteiger partial charge < -0.3 is 15.5 Å². The first-order valence-electron chi connectivity index (χ1n) is 9.97. The number of nitrogens with one attached hydrogen (secondary N) is 2. The Kier molecular flexibility index (Phi) is 5.55. The van der Waals surface area contributed by atoms with E-state index in [4.69, 9.17) is 0 Å². The minimum absolute atomic E-state index is 0.00791. The van der Waals surface area contributed by atoms with Gasteiger partial charge >= 0.3 is 5.69 Å². The first-order chi connectivity index (χ1) is 12.7. The van der Waals surface area contributed by atoms with Gasteiger partial charge in [-0.15, -0.1) is 0 Å². The molecule has 0 spiro atoms. The molecule has 1 aromatic heterocycles. The lowest BCUT2D eigenvalue weighted by atomic mass is 9.79. The van der Waals surface area contributed by atoms with Crippen LogP contribution >= 0.6 is 0 Å². The lowest BCUT2D eigenvalue weighted by Crippen LogP contribution is -2.60. The van der Waals surface area contributed by atoms with Crippen molar-refractivity contribution >= 4 is 17.3 Å². The minimum atomic E-state index is -0.333. The molecule has 2 aliphatic heterocycles. The molecule has 0 bridgehead atoms. The van der Waals surface area contributed by atoms with Gasteiger partial charge in [0.05, 0.1) is 4.92 Å². The smallest absolute Gasteiger partial charge is 0.353 e. The summed E-state index contributed by atoms with van der Waals surface area (Å²) in [5.74, 6) is 0.791. The topological polar surface area (TPSA) is 96.2 Å². The molecule has 0 amide bonds. The molecule has 2 aliphatic rings. The number of hydrogen-bond acceptors (Lipinski definition) is 7. The van der Waals surface area contributed by atoms with E-state index in [1.165, 1.54) is 19.2 Å². The van der Waals surface area contributed by atoms with Crippen molar-refractivity contribution in [1.82, 2.24) is 15.3 Å². The molecule has 8 nitrogen and oxygen atoms in total. The zero-order valence-corrected chi connectivity index (χ0v) is 16.9. The largest absolute Gasteiger partial charge is 0.361 e. The fourth-order valence-corrected chi connectivity index (χ4v) is 4.77. The van der Waals surface area contributed by atoms with Crippen molar-refractivity contribution in [3.63, 3.8) is 0 Å². The van der Waals surface area contributed by atoms with Crippen LogP contribution in [0.2, 0.25) is 0 Å². The summed E-state index contributed by atoms with van der Waals surface area (Å²) in [7, 11) is 0. The molecule has 0 radical (unpaired) electrons. The van der Waals surface area contributed by atoms with Gasteiger partial charge in [-0.2, -0.15) is 0 Å². The first kappa shape index (κ1) is 19.8. The number of hydrogen-bond donors (Lipinski definition) is 2. The Morgan fingerprint density at radius 3 is 2.26 bits per heavy atom. The van der Waals surface area contributed by atoms with Crippen LogP contribution in [0.15, 0.2) is 6.33 Å². The maximum absolute atomic E-state index is 11.9. The van der Waals surface area contributed by atoms with Crippen LogP contribution in [0.4, 0.5) is 17.3 Å². The highest BCUT2D eigenvalue weighted by molar-refractivity contribution is 5.70. The number of piperidine rings is 1. The monoisotopic (exact) mass is 376 g/mol. The molecule has 8 heteroatoms. The highest BCUT2D eigenvalue weighted by Gasteiger charge is 2.39. The molecule has 0 unspecified atom stereocenters. The van der Waals surface area contributed by atoms with Crippen molar-refractivity contribution in [3.8, 4) is 0 Å². The van der Waals surface area contributed by atoms with E-state index in [2.05, 4.69) is 48.3 Å². The van der Waals surface area contributed by atoms with Crippen molar-refractivity contribution in [2.75, 3.05) is 23.3 Å². The van der Waals surface area contributed by atoms with Gasteiger partial charge in [0.2, 0.25) is 11.6 Å². The molecule has 0 atom stereocenters. The van der Waals surface area contributed by atoms with Crippen LogP contribution in [-0.2, 0) is 0 Å². The Morgan fingerprint density at radius 1 is 1.11 bits per heavy atom. The van der Waals surface area contributed by atoms with E-state index < -0.39 is 0 Å². The van der Waals surface area contributed by atoms with Crippen LogP contribution in [0.25, 0.3) is 0 Å². The highest BCUT2D eigenvalue weighted by Crippen LogP contribution is 2.36. The number of nitrogens with zero attached hydrogens (tertiary/aromatic N) is 4. The minimum Gasteiger partial charge on any atom is -0.361 e. The molecule has 1 aromatic rings. The number of anilines is 2. The second-order valence-corrected chi connectivity index (χ2v) is 9.20. The molecule has 2 fully saturated rings. The fraction of sp³-hybridized carbons (Fsp3) is 0.789. The van der Waals surface area contributed by atoms with E-state index in [0.29, 0.717) is 11.6 Å². The number of nitro groups is 1. The number of aromatic nitrogens is 2. The zero-order chi connectivity index (χ0) is 19.7. The van der Waals surface area contributed by atoms with E-state index in [9.17, 15) is 10.1 Å². The Morgan fingerprint density at radius 2 is 1.70 bits per heavy atom. The van der Waals surface area contributed by atoms with E-state index in [1.54, 1.807) is 0 Å². The van der Waals surface area contributed by atoms with Gasteiger partial charge in [0.1, 0.15) is 6.33 Å². The quantitative estimate of drug-likeness (QED) is 0.613. The Balaban J connectivity index is 1.89. The summed E-state index contributed by atoms with van der Waals surface area (Å²) >= 11 is 0. The molecule has 3 rings (SSSR count). The summed E-state index contributed by atoms with van der Waals surface area (Å²) < 4.78 is 0. The van der Waals surface area contributed by atoms with Crippen LogP contribution in [0.5, 0.6) is 0 Å². The predicted molar refractivity (Wildman–Crippen MR) is 107 cm³/mol. The molecule has 0 saturated carbocycles. The SMILES string of the molecule is CC1(C)CC(Nc2ncnc(N3CCCCCC3)c2[N+](=O)[O-])CC(C)(C)N1. The Hall–Kier alpha value is -1.96. The van der Waals surface area contributed by atoms with Gasteiger partial charge in [0.15, 0.2) is 0 Å². The lowest BCUT2D eigenvalue weighted by molar-refractivity contribution is -0.383. The maximum atomic E-state index is 11.9. The van der Waals surface area contributed by atoms with Crippen molar-refractivity contribution in [3.05, 3.63) is 16.4 Å². The average Bonchev–Trinajstić information content (AvgIpc) is 2.80. The molecule has 2 saturated heterocycles. The average molecular weight is 377 g/mol. The van der Waals surface area contributed by atoms with Gasteiger partial charge in [0, 0.05) is 30.2 Å². The summed E-state index contributed by atoms with van der Waals surface area (Å²) in [6.45, 7) is 10.3. The molecule has 3 heterocycles. The van der Waals surface area contributed by atoms with Crippen LogP contribution in [0.3, 0.4) is 0 Å². The molecule has 0 aliphatic carbocycles. The van der Waals surface area contributed by atoms with Crippen LogP contribution in [0, 0.1) is 10.1 Å². The van der Waals surface area contributed by atoms with Crippen LogP contribution < -0.4 is 15.5 Å². The van der Waals surface area contributed by atoms with Crippen molar-refractivity contribution < 1.29 is 4.92 Å². The third kappa shape index (κ3) is 4.86. The maximum Gasteiger partial charge on any atom is 0.353 e. The third-order valence-electron chi connectivity index (χ3n) is 5.42. The fourth-order valence-electron chi connectivity index (χ4n) is 4.77. The second-order valence-electron chi connectivity index (χ2n) is 9.20. The predicted octanol–water partition coefficient (Wildman–Crippen LogP) is 3.49. The zero-order valence-electron chi connectivity index (χ0n) is 16.9. The first-order valence-corrected chi connectivity index (χ1v) is 9.97. The Labute approximate surface area is 161 Å². The van der Waals surface area contributed by atoms with Gasteiger partial charge in [-0.05, 0) is 53.4 Å². The Bertz CT molecular complexity index is 667. The van der Waals surface area contributed by atoms with Crippen molar-refractivity contribution in [2.24, 2.45) is 0 Å².